The van der Waals surface area contributed by atoms with Crippen molar-refractivity contribution in [2.75, 3.05) is 25.1 Å². The number of anilines is 1. The Hall–Kier alpha value is -4.01. The minimum Gasteiger partial charge on any atom is -0.491 e. The summed E-state index contributed by atoms with van der Waals surface area (Å²) in [5.74, 6) is 0.973. The second-order valence-corrected chi connectivity index (χ2v) is 11.3. The minimum absolute atomic E-state index is 0.239. The van der Waals surface area contributed by atoms with Crippen molar-refractivity contribution in [3.8, 4) is 16.9 Å². The summed E-state index contributed by atoms with van der Waals surface area (Å²) in [7, 11) is -1.21. The van der Waals surface area contributed by atoms with Gasteiger partial charge in [0.2, 0.25) is 5.91 Å². The summed E-state index contributed by atoms with van der Waals surface area (Å²) in [6, 6.07) is 23.1. The summed E-state index contributed by atoms with van der Waals surface area (Å²) in [5, 5.41) is 2.87. The van der Waals surface area contributed by atoms with Gasteiger partial charge in [0.05, 0.1) is 40.9 Å². The molecule has 0 spiro atoms. The maximum absolute atomic E-state index is 12.9. The summed E-state index contributed by atoms with van der Waals surface area (Å²) < 4.78 is 26.2. The standard InChI is InChI=1S/C34H39N3O4S/c1-4-6-20-40-21-22-41-31-15-11-28(12-16-31)29-9-7-8-27(23-29)10-19-34(38)36-30-13-17-32(18-14-30)42(39)24-33-26(3)35-25-37(33)5-2/h7-19,23,25H,4-6,20-22,24H2,1-3H3,(H,36,38)/b19-10+/t42-/m1/s1. The topological polar surface area (TPSA) is 82.4 Å². The largest absolute Gasteiger partial charge is 0.491 e. The zero-order valence-electron chi connectivity index (χ0n) is 24.5. The number of rotatable bonds is 15. The molecule has 0 bridgehead atoms. The van der Waals surface area contributed by atoms with Crippen LogP contribution < -0.4 is 10.1 Å². The lowest BCUT2D eigenvalue weighted by atomic mass is 10.0. The van der Waals surface area contributed by atoms with Crippen molar-refractivity contribution < 1.29 is 18.5 Å². The molecule has 1 atom stereocenters. The van der Waals surface area contributed by atoms with E-state index in [4.69, 9.17) is 9.47 Å². The van der Waals surface area contributed by atoms with E-state index in [9.17, 15) is 9.00 Å². The Morgan fingerprint density at radius 3 is 2.50 bits per heavy atom. The number of amides is 1. The molecule has 220 valence electrons. The maximum atomic E-state index is 12.9. The zero-order chi connectivity index (χ0) is 29.7. The van der Waals surface area contributed by atoms with Crippen molar-refractivity contribution in [1.82, 2.24) is 9.55 Å². The van der Waals surface area contributed by atoms with Crippen LogP contribution in [0.2, 0.25) is 0 Å². The van der Waals surface area contributed by atoms with Crippen molar-refractivity contribution >= 4 is 28.5 Å². The van der Waals surface area contributed by atoms with Crippen LogP contribution in [0.1, 0.15) is 43.6 Å². The van der Waals surface area contributed by atoms with Gasteiger partial charge in [0.15, 0.2) is 0 Å². The molecular formula is C34H39N3O4S. The van der Waals surface area contributed by atoms with Gasteiger partial charge in [0.1, 0.15) is 12.4 Å². The number of nitrogens with one attached hydrogen (secondary N) is 1. The van der Waals surface area contributed by atoms with Gasteiger partial charge in [-0.05, 0) is 85.5 Å². The molecule has 4 aromatic rings. The molecule has 3 aromatic carbocycles. The third-order valence-electron chi connectivity index (χ3n) is 6.79. The summed E-state index contributed by atoms with van der Waals surface area (Å²) in [6.07, 6.45) is 7.28. The fraction of sp³-hybridized carbons (Fsp3) is 0.294. The van der Waals surface area contributed by atoms with Crippen LogP contribution >= 0.6 is 0 Å². The van der Waals surface area contributed by atoms with E-state index in [1.165, 1.54) is 6.08 Å². The Labute approximate surface area is 251 Å². The highest BCUT2D eigenvalue weighted by Gasteiger charge is 2.12. The van der Waals surface area contributed by atoms with E-state index < -0.39 is 10.8 Å². The number of carbonyl (C=O) groups excluding carboxylic acids is 1. The third kappa shape index (κ3) is 8.99. The number of nitrogens with zero attached hydrogens (tertiary/aromatic N) is 2. The highest BCUT2D eigenvalue weighted by molar-refractivity contribution is 7.84. The van der Waals surface area contributed by atoms with Crippen LogP contribution in [-0.2, 0) is 32.6 Å². The molecule has 1 N–H and O–H groups in total. The summed E-state index contributed by atoms with van der Waals surface area (Å²) in [4.78, 5) is 17.6. The molecule has 0 radical (unpaired) electrons. The van der Waals surface area contributed by atoms with E-state index in [-0.39, 0.29) is 5.91 Å². The number of carbonyl (C=O) groups is 1. The van der Waals surface area contributed by atoms with Crippen LogP contribution in [0.25, 0.3) is 17.2 Å². The Morgan fingerprint density at radius 2 is 1.76 bits per heavy atom. The number of aromatic nitrogens is 2. The lowest BCUT2D eigenvalue weighted by Crippen LogP contribution is -2.08. The van der Waals surface area contributed by atoms with Crippen LogP contribution in [0.4, 0.5) is 5.69 Å². The van der Waals surface area contributed by atoms with Crippen LogP contribution in [0.3, 0.4) is 0 Å². The molecular weight excluding hydrogens is 546 g/mol. The van der Waals surface area contributed by atoms with Crippen LogP contribution in [0.15, 0.2) is 90.1 Å². The van der Waals surface area contributed by atoms with E-state index in [0.717, 1.165) is 59.8 Å². The smallest absolute Gasteiger partial charge is 0.248 e. The minimum atomic E-state index is -1.21. The summed E-state index contributed by atoms with van der Waals surface area (Å²) in [6.45, 7) is 8.79. The molecule has 0 aliphatic heterocycles. The first-order valence-electron chi connectivity index (χ1n) is 14.4. The van der Waals surface area contributed by atoms with Gasteiger partial charge < -0.3 is 19.4 Å². The lowest BCUT2D eigenvalue weighted by molar-refractivity contribution is -0.111. The van der Waals surface area contributed by atoms with Crippen LogP contribution in [-0.4, -0.2) is 39.5 Å². The fourth-order valence-corrected chi connectivity index (χ4v) is 5.58. The molecule has 1 amide bonds. The van der Waals surface area contributed by atoms with Gasteiger partial charge in [0, 0.05) is 29.8 Å². The average Bonchev–Trinajstić information content (AvgIpc) is 3.37. The number of aryl methyl sites for hydroxylation is 2. The normalized spacial score (nSPS) is 12.0. The summed E-state index contributed by atoms with van der Waals surface area (Å²) >= 11 is 0. The predicted octanol–water partition coefficient (Wildman–Crippen LogP) is 7.03. The van der Waals surface area contributed by atoms with Gasteiger partial charge in [-0.25, -0.2) is 4.98 Å². The van der Waals surface area contributed by atoms with Crippen molar-refractivity contribution in [2.24, 2.45) is 0 Å². The number of unbranched alkanes of at least 4 members (excludes halogenated alkanes) is 1. The number of hydrogen-bond donors (Lipinski definition) is 1. The van der Waals surface area contributed by atoms with Gasteiger partial charge in [-0.3, -0.25) is 9.00 Å². The Kier molecular flexibility index (Phi) is 11.7. The molecule has 0 aliphatic rings. The zero-order valence-corrected chi connectivity index (χ0v) is 25.4. The van der Waals surface area contributed by atoms with Crippen molar-refractivity contribution in [3.63, 3.8) is 0 Å². The van der Waals surface area contributed by atoms with E-state index in [2.05, 4.69) is 17.2 Å². The fourth-order valence-electron chi connectivity index (χ4n) is 4.35. The molecule has 4 rings (SSSR count). The SMILES string of the molecule is CCCCOCCOc1ccc(-c2cccc(/C=C/C(=O)Nc3ccc([S@](=O)Cc4c(C)ncn4CC)cc3)c2)cc1. The molecule has 1 heterocycles. The van der Waals surface area contributed by atoms with Crippen molar-refractivity contribution in [3.05, 3.63) is 102 Å². The lowest BCUT2D eigenvalue weighted by Gasteiger charge is -2.09. The molecule has 0 fully saturated rings. The maximum Gasteiger partial charge on any atom is 0.248 e. The van der Waals surface area contributed by atoms with E-state index in [1.54, 1.807) is 36.7 Å². The highest BCUT2D eigenvalue weighted by atomic mass is 32.2. The van der Waals surface area contributed by atoms with E-state index >= 15 is 0 Å². The predicted molar refractivity (Wildman–Crippen MR) is 170 cm³/mol. The van der Waals surface area contributed by atoms with E-state index in [1.807, 2.05) is 66.9 Å². The Bertz CT molecular complexity index is 1490. The van der Waals surface area contributed by atoms with Crippen molar-refractivity contribution in [1.29, 1.82) is 0 Å². The summed E-state index contributed by atoms with van der Waals surface area (Å²) in [5.41, 5.74) is 5.55. The molecule has 0 unspecified atom stereocenters. The second kappa shape index (κ2) is 15.8. The monoisotopic (exact) mass is 585 g/mol. The molecule has 0 saturated heterocycles. The molecule has 7 nitrogen and oxygen atoms in total. The number of benzene rings is 3. The third-order valence-corrected chi connectivity index (χ3v) is 8.12. The molecule has 42 heavy (non-hydrogen) atoms. The van der Waals surface area contributed by atoms with Gasteiger partial charge in [-0.2, -0.15) is 0 Å². The second-order valence-electron chi connectivity index (χ2n) is 9.86. The highest BCUT2D eigenvalue weighted by Crippen LogP contribution is 2.24. The average molecular weight is 586 g/mol. The molecule has 0 aliphatic carbocycles. The number of ether oxygens (including phenoxy) is 2. The first kappa shape index (κ1) is 30.9. The first-order chi connectivity index (χ1) is 20.5. The van der Waals surface area contributed by atoms with E-state index in [0.29, 0.717) is 29.5 Å². The molecule has 1 aromatic heterocycles. The van der Waals surface area contributed by atoms with Crippen molar-refractivity contribution in [2.45, 2.75) is 50.8 Å². The Morgan fingerprint density at radius 1 is 0.976 bits per heavy atom. The molecule has 0 saturated carbocycles. The van der Waals surface area contributed by atoms with Crippen LogP contribution in [0, 0.1) is 6.92 Å². The van der Waals surface area contributed by atoms with Gasteiger partial charge in [0.25, 0.3) is 0 Å². The Balaban J connectivity index is 1.28. The first-order valence-corrected chi connectivity index (χ1v) is 15.7. The quantitative estimate of drug-likeness (QED) is 0.120. The molecule has 8 heteroatoms. The number of hydrogen-bond acceptors (Lipinski definition) is 5. The number of imidazole rings is 1. The van der Waals surface area contributed by atoms with Crippen LogP contribution in [0.5, 0.6) is 5.75 Å². The van der Waals surface area contributed by atoms with Gasteiger partial charge in [-0.1, -0.05) is 43.7 Å². The van der Waals surface area contributed by atoms with Gasteiger partial charge in [-0.15, -0.1) is 0 Å². The van der Waals surface area contributed by atoms with Gasteiger partial charge >= 0.3 is 0 Å².